The van der Waals surface area contributed by atoms with Crippen LogP contribution in [0.25, 0.3) is 0 Å². The highest BCUT2D eigenvalue weighted by Crippen LogP contribution is 2.01. The maximum absolute atomic E-state index is 7.90. The van der Waals surface area contributed by atoms with Gasteiger partial charge in [0.2, 0.25) is 0 Å². The van der Waals surface area contributed by atoms with Crippen LogP contribution >= 0.6 is 12.2 Å². The fourth-order valence-electron chi connectivity index (χ4n) is 0. The van der Waals surface area contributed by atoms with Gasteiger partial charge >= 0.3 is 0 Å². The van der Waals surface area contributed by atoms with Crippen molar-refractivity contribution < 1.29 is 10.1 Å². The van der Waals surface area contributed by atoms with Gasteiger partial charge in [0.15, 0.2) is 5.11 Å². The molecule has 62 valence electrons. The Morgan fingerprint density at radius 2 is 1.50 bits per heavy atom. The molecule has 0 amide bonds. The molecule has 0 aromatic rings. The molecular weight excluding hydrogens is 152 g/mol. The predicted molar refractivity (Wildman–Crippen MR) is 44.4 cm³/mol. The van der Waals surface area contributed by atoms with Crippen molar-refractivity contribution in [2.75, 3.05) is 0 Å². The molecule has 5 N–H and O–H groups in total. The third-order valence-electron chi connectivity index (χ3n) is 0.274. The van der Waals surface area contributed by atoms with Crippen molar-refractivity contribution in [2.45, 2.75) is 26.4 Å². The van der Waals surface area contributed by atoms with Crippen LogP contribution in [0.4, 0.5) is 0 Å². The summed E-state index contributed by atoms with van der Waals surface area (Å²) in [6, 6.07) is 0. The van der Waals surface area contributed by atoms with Gasteiger partial charge in [-0.3, -0.25) is 5.26 Å². The molecule has 0 saturated heterocycles. The van der Waals surface area contributed by atoms with Crippen LogP contribution in [0.5, 0.6) is 0 Å². The van der Waals surface area contributed by atoms with Crippen molar-refractivity contribution >= 4 is 17.3 Å². The van der Waals surface area contributed by atoms with E-state index in [1.807, 2.05) is 0 Å². The zero-order chi connectivity index (χ0) is 8.78. The highest BCUT2D eigenvalue weighted by Gasteiger charge is 2.06. The summed E-state index contributed by atoms with van der Waals surface area (Å²) < 4.78 is 0. The quantitative estimate of drug-likeness (QED) is 0.277. The molecule has 0 bridgehead atoms. The monoisotopic (exact) mass is 166 g/mol. The number of rotatable bonds is 0. The maximum Gasteiger partial charge on any atom is 0.160 e. The first kappa shape index (κ1) is 12.3. The number of hydrogen-bond donors (Lipinski definition) is 3. The Hall–Kier alpha value is -0.390. The molecule has 0 saturated carbocycles. The zero-order valence-corrected chi connectivity index (χ0v) is 7.23. The second kappa shape index (κ2) is 5.40. The Morgan fingerprint density at radius 3 is 1.50 bits per heavy atom. The lowest BCUT2D eigenvalue weighted by atomic mass is 10.2. The molecule has 0 heterocycles. The lowest BCUT2D eigenvalue weighted by molar-refractivity contribution is -0.306. The van der Waals surface area contributed by atoms with Gasteiger partial charge in [0, 0.05) is 0 Å². The minimum atomic E-state index is -0.403. The van der Waals surface area contributed by atoms with Crippen LogP contribution < -0.4 is 11.5 Å². The van der Waals surface area contributed by atoms with E-state index in [0.29, 0.717) is 0 Å². The van der Waals surface area contributed by atoms with E-state index in [1.165, 1.54) is 0 Å². The van der Waals surface area contributed by atoms with Crippen molar-refractivity contribution in [2.24, 2.45) is 11.5 Å². The van der Waals surface area contributed by atoms with E-state index in [-0.39, 0.29) is 5.11 Å². The van der Waals surface area contributed by atoms with Crippen LogP contribution in [0.1, 0.15) is 20.8 Å². The molecule has 0 spiro atoms. The standard InChI is InChI=1S/C4H10O2.CH4N2S/c1-4(2,3)6-5;2-1(3)4/h5H,1-3H3;(H4,2,3,4). The van der Waals surface area contributed by atoms with Crippen molar-refractivity contribution in [1.82, 2.24) is 0 Å². The number of nitrogens with two attached hydrogens (primary N) is 2. The molecule has 0 aromatic carbocycles. The first-order valence-electron chi connectivity index (χ1n) is 2.67. The lowest BCUT2D eigenvalue weighted by Gasteiger charge is -2.10. The second-order valence-electron chi connectivity index (χ2n) is 2.61. The Balaban J connectivity index is 0. The van der Waals surface area contributed by atoms with Crippen LogP contribution in [0.2, 0.25) is 0 Å². The molecule has 10 heavy (non-hydrogen) atoms. The molecule has 0 aliphatic rings. The highest BCUT2D eigenvalue weighted by molar-refractivity contribution is 7.80. The third kappa shape index (κ3) is 48.8. The molecule has 0 fully saturated rings. The van der Waals surface area contributed by atoms with Crippen LogP contribution in [0, 0.1) is 0 Å². The Morgan fingerprint density at radius 1 is 1.40 bits per heavy atom. The van der Waals surface area contributed by atoms with Gasteiger partial charge in [-0.25, -0.2) is 4.89 Å². The molecule has 0 radical (unpaired) electrons. The van der Waals surface area contributed by atoms with Crippen LogP contribution in [0.15, 0.2) is 0 Å². The van der Waals surface area contributed by atoms with Crippen molar-refractivity contribution in [3.05, 3.63) is 0 Å². The van der Waals surface area contributed by atoms with E-state index < -0.39 is 5.60 Å². The van der Waals surface area contributed by atoms with Gasteiger partial charge in [0.05, 0.1) is 5.60 Å². The van der Waals surface area contributed by atoms with Crippen molar-refractivity contribution in [3.8, 4) is 0 Å². The van der Waals surface area contributed by atoms with Gasteiger partial charge in [-0.1, -0.05) is 0 Å². The van der Waals surface area contributed by atoms with E-state index in [9.17, 15) is 0 Å². The molecule has 0 unspecified atom stereocenters. The molecular formula is C5H14N2O2S. The molecule has 0 aliphatic heterocycles. The largest absolute Gasteiger partial charge is 0.377 e. The molecule has 4 nitrogen and oxygen atoms in total. The van der Waals surface area contributed by atoms with Crippen LogP contribution in [-0.4, -0.2) is 16.0 Å². The average molecular weight is 166 g/mol. The number of hydrogen-bond acceptors (Lipinski definition) is 3. The Kier molecular flexibility index (Phi) is 6.64. The molecule has 0 aliphatic carbocycles. The van der Waals surface area contributed by atoms with E-state index in [1.54, 1.807) is 20.8 Å². The van der Waals surface area contributed by atoms with Gasteiger partial charge in [-0.05, 0) is 33.0 Å². The average Bonchev–Trinajstić information content (AvgIpc) is 1.63. The maximum atomic E-state index is 7.90. The lowest BCUT2D eigenvalue weighted by Crippen LogP contribution is -2.18. The molecule has 0 aromatic heterocycles. The van der Waals surface area contributed by atoms with Crippen LogP contribution in [-0.2, 0) is 4.89 Å². The zero-order valence-electron chi connectivity index (χ0n) is 6.42. The minimum absolute atomic E-state index is 0.000000000000000222. The molecule has 0 rings (SSSR count). The summed E-state index contributed by atoms with van der Waals surface area (Å²) in [4.78, 5) is 3.94. The van der Waals surface area contributed by atoms with Gasteiger partial charge in [0.1, 0.15) is 0 Å². The van der Waals surface area contributed by atoms with Crippen molar-refractivity contribution in [1.29, 1.82) is 0 Å². The summed E-state index contributed by atoms with van der Waals surface area (Å²) >= 11 is 4.09. The first-order valence-corrected chi connectivity index (χ1v) is 3.08. The highest BCUT2D eigenvalue weighted by atomic mass is 32.1. The predicted octanol–water partition coefficient (Wildman–Crippen LogP) is 0.463. The fraction of sp³-hybridized carbons (Fsp3) is 0.800. The normalized spacial score (nSPS) is 9.60. The molecule has 5 heteroatoms. The van der Waals surface area contributed by atoms with Crippen molar-refractivity contribution in [3.63, 3.8) is 0 Å². The Bertz CT molecular complexity index is 96.3. The fourth-order valence-corrected chi connectivity index (χ4v) is 0. The third-order valence-corrected chi connectivity index (χ3v) is 0.274. The van der Waals surface area contributed by atoms with E-state index in [4.69, 9.17) is 5.26 Å². The second-order valence-corrected chi connectivity index (χ2v) is 3.08. The number of thiocarbonyl (C=S) groups is 1. The SMILES string of the molecule is CC(C)(C)OO.NC(N)=S. The summed E-state index contributed by atoms with van der Waals surface area (Å²) in [5, 5.41) is 7.90. The summed E-state index contributed by atoms with van der Waals surface area (Å²) in [5.41, 5.74) is 8.84. The van der Waals surface area contributed by atoms with E-state index in [2.05, 4.69) is 28.6 Å². The van der Waals surface area contributed by atoms with E-state index in [0.717, 1.165) is 0 Å². The molecule has 0 atom stereocenters. The van der Waals surface area contributed by atoms with Gasteiger partial charge in [-0.2, -0.15) is 0 Å². The summed E-state index contributed by atoms with van der Waals surface area (Å²) in [6.07, 6.45) is 0. The van der Waals surface area contributed by atoms with Gasteiger partial charge in [0.25, 0.3) is 0 Å². The smallest absolute Gasteiger partial charge is 0.160 e. The minimum Gasteiger partial charge on any atom is -0.377 e. The summed E-state index contributed by atoms with van der Waals surface area (Å²) in [6.45, 7) is 5.31. The topological polar surface area (TPSA) is 81.5 Å². The van der Waals surface area contributed by atoms with Crippen LogP contribution in [0.3, 0.4) is 0 Å². The van der Waals surface area contributed by atoms with E-state index >= 15 is 0 Å². The summed E-state index contributed by atoms with van der Waals surface area (Å²) in [7, 11) is 0. The summed E-state index contributed by atoms with van der Waals surface area (Å²) in [5.74, 6) is 0. The van der Waals surface area contributed by atoms with Gasteiger partial charge in [-0.15, -0.1) is 0 Å². The van der Waals surface area contributed by atoms with Gasteiger partial charge < -0.3 is 11.5 Å². The Labute approximate surface area is 66.1 Å². The first-order chi connectivity index (χ1) is 4.29.